The molecule has 0 aliphatic carbocycles. The highest BCUT2D eigenvalue weighted by Gasteiger charge is 2.52. The molecule has 20 heteroatoms. The third kappa shape index (κ3) is 9.70. The van der Waals surface area contributed by atoms with E-state index in [1.165, 1.54) is 35.5 Å². The summed E-state index contributed by atoms with van der Waals surface area (Å²) in [5.41, 5.74) is -0.715. The predicted molar refractivity (Wildman–Crippen MR) is 119 cm³/mol. The number of anilines is 1. The van der Waals surface area contributed by atoms with Crippen LogP contribution in [0.1, 0.15) is 19.4 Å². The van der Waals surface area contributed by atoms with E-state index in [4.69, 9.17) is 19.8 Å². The summed E-state index contributed by atoms with van der Waals surface area (Å²) in [5.74, 6) is -6.64. The number of urea groups is 1. The molecule has 3 amide bonds. The van der Waals surface area contributed by atoms with Crippen molar-refractivity contribution in [2.75, 3.05) is 4.90 Å². The number of hydrogen-bond donors (Lipinski definition) is 3. The van der Waals surface area contributed by atoms with E-state index in [-0.39, 0.29) is 18.0 Å². The van der Waals surface area contributed by atoms with Crippen LogP contribution < -0.4 is 9.64 Å². The number of amides is 3. The first-order valence-corrected chi connectivity index (χ1v) is 10.6. The van der Waals surface area contributed by atoms with Crippen LogP contribution in [0.4, 0.5) is 50.0 Å². The molecular weight excluding hydrogens is 605 g/mol. The predicted octanol–water partition coefficient (Wildman–Crippen LogP) is 4.70. The molecule has 0 bridgehead atoms. The third-order valence-corrected chi connectivity index (χ3v) is 4.85. The summed E-state index contributed by atoms with van der Waals surface area (Å²) in [6.45, 7) is 3.05. The number of carbonyl (C=O) groups excluding carboxylic acids is 2. The molecule has 1 aromatic heterocycles. The summed E-state index contributed by atoms with van der Waals surface area (Å²) < 4.78 is 104. The Balaban J connectivity index is 0.000000522. The summed E-state index contributed by atoms with van der Waals surface area (Å²) in [4.78, 5) is 49.4. The molecule has 3 N–H and O–H groups in total. The molecule has 0 atom stereocenters. The second kappa shape index (κ2) is 12.8. The van der Waals surface area contributed by atoms with Gasteiger partial charge in [-0.05, 0) is 44.2 Å². The van der Waals surface area contributed by atoms with Crippen LogP contribution >= 0.6 is 0 Å². The fourth-order valence-electron chi connectivity index (χ4n) is 2.84. The zero-order valence-corrected chi connectivity index (χ0v) is 20.9. The monoisotopic (exact) mass is 623 g/mol. The van der Waals surface area contributed by atoms with E-state index in [0.717, 1.165) is 17.0 Å². The topological polar surface area (TPSA) is 158 Å². The highest BCUT2D eigenvalue weighted by Crippen LogP contribution is 2.35. The summed E-state index contributed by atoms with van der Waals surface area (Å²) in [6, 6.07) is 5.30. The Morgan fingerprint density at radius 1 is 0.881 bits per heavy atom. The Morgan fingerprint density at radius 3 is 1.71 bits per heavy atom. The number of carboxylic acids is 2. The van der Waals surface area contributed by atoms with Crippen LogP contribution in [-0.2, 0) is 20.9 Å². The first kappa shape index (κ1) is 35.2. The van der Waals surface area contributed by atoms with Crippen molar-refractivity contribution in [3.8, 4) is 11.5 Å². The minimum atomic E-state index is -5.08. The second-order valence-electron chi connectivity index (χ2n) is 8.22. The SMILES string of the molecule is CC1(C)C(=O)N(c2ccc(OC(F)(F)F)cc2)C(=O)N1Cc1ccncc1O.O=C(O)C(F)(F)F.O=C(O)C(F)(F)F. The van der Waals surface area contributed by atoms with E-state index in [1.54, 1.807) is 13.8 Å². The van der Waals surface area contributed by atoms with Crippen LogP contribution in [0.2, 0.25) is 0 Å². The summed E-state index contributed by atoms with van der Waals surface area (Å²) in [6.07, 6.45) is -12.3. The average molecular weight is 623 g/mol. The van der Waals surface area contributed by atoms with E-state index >= 15 is 0 Å². The average Bonchev–Trinajstić information content (AvgIpc) is 2.99. The zero-order valence-electron chi connectivity index (χ0n) is 20.9. The number of alkyl halides is 9. The van der Waals surface area contributed by atoms with Crippen LogP contribution in [0.5, 0.6) is 11.5 Å². The molecule has 1 saturated heterocycles. The Morgan fingerprint density at radius 2 is 1.33 bits per heavy atom. The van der Waals surface area contributed by atoms with Gasteiger partial charge >= 0.3 is 36.7 Å². The van der Waals surface area contributed by atoms with Gasteiger partial charge in [0.15, 0.2) is 0 Å². The van der Waals surface area contributed by atoms with Crippen molar-refractivity contribution in [2.24, 2.45) is 0 Å². The minimum absolute atomic E-state index is 0.0440. The normalized spacial score (nSPS) is 14.8. The number of pyridine rings is 1. The lowest BCUT2D eigenvalue weighted by Crippen LogP contribution is -2.43. The summed E-state index contributed by atoms with van der Waals surface area (Å²) in [7, 11) is 0. The molecule has 3 rings (SSSR count). The van der Waals surface area contributed by atoms with E-state index in [1.807, 2.05) is 0 Å². The summed E-state index contributed by atoms with van der Waals surface area (Å²) >= 11 is 0. The first-order chi connectivity index (χ1) is 18.9. The lowest BCUT2D eigenvalue weighted by Gasteiger charge is -2.27. The maximum Gasteiger partial charge on any atom is 0.573 e. The molecule has 1 aliphatic heterocycles. The lowest BCUT2D eigenvalue weighted by molar-refractivity contribution is -0.274. The highest BCUT2D eigenvalue weighted by atomic mass is 19.4. The number of rotatable bonds is 4. The van der Waals surface area contributed by atoms with Crippen molar-refractivity contribution >= 4 is 29.6 Å². The molecule has 0 saturated carbocycles. The maximum absolute atomic E-state index is 12.9. The van der Waals surface area contributed by atoms with Gasteiger partial charge in [0.05, 0.1) is 18.4 Å². The van der Waals surface area contributed by atoms with Crippen LogP contribution in [-0.4, -0.2) is 73.3 Å². The van der Waals surface area contributed by atoms with Crippen molar-refractivity contribution in [1.82, 2.24) is 9.88 Å². The Kier molecular flexibility index (Phi) is 10.8. The molecule has 0 unspecified atom stereocenters. The number of benzene rings is 1. The first-order valence-electron chi connectivity index (χ1n) is 10.6. The number of aliphatic carboxylic acids is 2. The number of carboxylic acid groups (broad SMARTS) is 2. The fourth-order valence-corrected chi connectivity index (χ4v) is 2.84. The van der Waals surface area contributed by atoms with Crippen molar-refractivity contribution in [3.05, 3.63) is 48.3 Å². The van der Waals surface area contributed by atoms with Gasteiger partial charge in [-0.25, -0.2) is 19.3 Å². The van der Waals surface area contributed by atoms with Crippen LogP contribution in [0, 0.1) is 0 Å². The van der Waals surface area contributed by atoms with Gasteiger partial charge in [-0.1, -0.05) is 0 Å². The van der Waals surface area contributed by atoms with Crippen LogP contribution in [0.25, 0.3) is 0 Å². The number of hydrogen-bond acceptors (Lipinski definition) is 7. The van der Waals surface area contributed by atoms with Gasteiger partial charge < -0.3 is 25.0 Å². The van der Waals surface area contributed by atoms with Gasteiger partial charge in [-0.3, -0.25) is 9.78 Å². The standard InChI is InChI=1S/C18H16F3N3O4.2C2HF3O2/c1-17(2)15(26)24(12-3-5-13(6-4-12)28-18(19,20)21)16(27)23(17)10-11-7-8-22-9-14(11)25;2*3-2(4,5)1(6)7/h3-9,25H,10H2,1-2H3;2*(H,6,7). The Bertz CT molecular complexity index is 1270. The number of nitrogens with zero attached hydrogens (tertiary/aromatic N) is 3. The van der Waals surface area contributed by atoms with Gasteiger partial charge in [0.25, 0.3) is 5.91 Å². The Hall–Kier alpha value is -4.78. The van der Waals surface area contributed by atoms with Crippen LogP contribution in [0.15, 0.2) is 42.7 Å². The molecular formula is C22H18F9N3O8. The minimum Gasteiger partial charge on any atom is -0.506 e. The number of aromatic nitrogens is 1. The largest absolute Gasteiger partial charge is 0.573 e. The van der Waals surface area contributed by atoms with Crippen molar-refractivity contribution in [3.63, 3.8) is 0 Å². The number of aromatic hydroxyl groups is 1. The zero-order chi connectivity index (χ0) is 32.8. The smallest absolute Gasteiger partial charge is 0.506 e. The number of carbonyl (C=O) groups is 4. The van der Waals surface area contributed by atoms with Crippen molar-refractivity contribution in [1.29, 1.82) is 0 Å². The molecule has 1 aliphatic rings. The van der Waals surface area contributed by atoms with Crippen molar-refractivity contribution in [2.45, 2.75) is 44.6 Å². The van der Waals surface area contributed by atoms with E-state index in [9.17, 15) is 54.2 Å². The van der Waals surface area contributed by atoms with Crippen molar-refractivity contribution < 1.29 is 78.7 Å². The summed E-state index contributed by atoms with van der Waals surface area (Å²) in [5, 5.41) is 24.1. The molecule has 2 heterocycles. The molecule has 232 valence electrons. The van der Waals surface area contributed by atoms with Gasteiger partial charge in [-0.15, -0.1) is 13.2 Å². The maximum atomic E-state index is 12.9. The van der Waals surface area contributed by atoms with Gasteiger partial charge in [0.1, 0.15) is 17.0 Å². The van der Waals surface area contributed by atoms with Crippen LogP contribution in [0.3, 0.4) is 0 Å². The van der Waals surface area contributed by atoms with Gasteiger partial charge in [-0.2, -0.15) is 26.3 Å². The van der Waals surface area contributed by atoms with E-state index in [2.05, 4.69) is 9.72 Å². The lowest BCUT2D eigenvalue weighted by atomic mass is 10.0. The third-order valence-electron chi connectivity index (χ3n) is 4.85. The van der Waals surface area contributed by atoms with E-state index in [0.29, 0.717) is 5.56 Å². The number of imide groups is 1. The molecule has 0 radical (unpaired) electrons. The molecule has 0 spiro atoms. The fraction of sp³-hybridized carbons (Fsp3) is 0.318. The Labute approximate surface area is 228 Å². The second-order valence-corrected chi connectivity index (χ2v) is 8.22. The molecule has 1 aromatic carbocycles. The quantitative estimate of drug-likeness (QED) is 0.324. The number of ether oxygens (including phenoxy) is 1. The molecule has 2 aromatic rings. The molecule has 1 fully saturated rings. The number of halogens is 9. The van der Waals surface area contributed by atoms with E-state index < -0.39 is 53.9 Å². The van der Waals surface area contributed by atoms with Gasteiger partial charge in [0.2, 0.25) is 0 Å². The molecule has 11 nitrogen and oxygen atoms in total. The highest BCUT2D eigenvalue weighted by molar-refractivity contribution is 6.22. The molecule has 42 heavy (non-hydrogen) atoms. The van der Waals surface area contributed by atoms with Gasteiger partial charge in [0, 0.05) is 11.8 Å².